The van der Waals surface area contributed by atoms with Crippen LogP contribution in [0.25, 0.3) is 0 Å². The van der Waals surface area contributed by atoms with E-state index in [9.17, 15) is 10.2 Å². The molecule has 5 atom stereocenters. The molecule has 2 N–H and O–H groups in total. The van der Waals surface area contributed by atoms with Crippen molar-refractivity contribution >= 4 is 0 Å². The second-order valence-corrected chi connectivity index (χ2v) is 7.02. The molecule has 2 aliphatic carbocycles. The Kier molecular flexibility index (Phi) is 4.01. The fraction of sp³-hybridized carbons (Fsp3) is 0.579. The molecule has 3 unspecified atom stereocenters. The highest BCUT2D eigenvalue weighted by Gasteiger charge is 2.64. The maximum atomic E-state index is 10.5. The number of aliphatic hydroxyl groups excluding tert-OH is 2. The van der Waals surface area contributed by atoms with E-state index < -0.39 is 11.9 Å². The summed E-state index contributed by atoms with van der Waals surface area (Å²) in [5, 5.41) is 20.7. The first-order chi connectivity index (χ1) is 11.2. The van der Waals surface area contributed by atoms with Crippen molar-refractivity contribution < 1.29 is 19.7 Å². The summed E-state index contributed by atoms with van der Waals surface area (Å²) < 4.78 is 11.6. The summed E-state index contributed by atoms with van der Waals surface area (Å²) in [6.45, 7) is 1.32. The van der Waals surface area contributed by atoms with E-state index in [1.54, 1.807) is 0 Å². The van der Waals surface area contributed by atoms with Crippen LogP contribution in [-0.2, 0) is 15.9 Å². The lowest BCUT2D eigenvalue weighted by molar-refractivity contribution is -0.275. The predicted molar refractivity (Wildman–Crippen MR) is 85.6 cm³/mol. The Hall–Kier alpha value is -1.20. The van der Waals surface area contributed by atoms with Crippen molar-refractivity contribution in [2.24, 2.45) is 17.8 Å². The first-order valence-electron chi connectivity index (χ1n) is 8.54. The van der Waals surface area contributed by atoms with Gasteiger partial charge in [-0.2, -0.15) is 0 Å². The van der Waals surface area contributed by atoms with Gasteiger partial charge in [0.1, 0.15) is 0 Å². The van der Waals surface area contributed by atoms with E-state index in [-0.39, 0.29) is 17.9 Å². The molecular formula is C19H24O4. The maximum Gasteiger partial charge on any atom is 0.172 e. The van der Waals surface area contributed by atoms with Gasteiger partial charge in [-0.05, 0) is 17.9 Å². The highest BCUT2D eigenvalue weighted by Crippen LogP contribution is 2.59. The molecule has 4 nitrogen and oxygen atoms in total. The fourth-order valence-electron chi connectivity index (χ4n) is 4.44. The third kappa shape index (κ3) is 2.74. The normalized spacial score (nSPS) is 36.3. The van der Waals surface area contributed by atoms with Crippen molar-refractivity contribution in [1.82, 2.24) is 0 Å². The third-order valence-corrected chi connectivity index (χ3v) is 5.65. The summed E-state index contributed by atoms with van der Waals surface area (Å²) in [6, 6.07) is 9.95. The molecule has 1 heterocycles. The number of rotatable bonds is 4. The molecular weight excluding hydrogens is 292 g/mol. The number of hydrogen-bond acceptors (Lipinski definition) is 4. The van der Waals surface area contributed by atoms with Crippen LogP contribution in [0.4, 0.5) is 0 Å². The van der Waals surface area contributed by atoms with Gasteiger partial charge in [0.15, 0.2) is 5.79 Å². The van der Waals surface area contributed by atoms with Crippen LogP contribution in [0.2, 0.25) is 0 Å². The molecule has 4 rings (SSSR count). The molecule has 3 fully saturated rings. The van der Waals surface area contributed by atoms with Gasteiger partial charge in [0.25, 0.3) is 0 Å². The Morgan fingerprint density at radius 3 is 2.70 bits per heavy atom. The lowest BCUT2D eigenvalue weighted by atomic mass is 9.69. The topological polar surface area (TPSA) is 58.9 Å². The minimum absolute atomic E-state index is 0.0857. The van der Waals surface area contributed by atoms with E-state index in [1.807, 2.05) is 42.5 Å². The molecule has 1 spiro atoms. The van der Waals surface area contributed by atoms with Gasteiger partial charge in [-0.25, -0.2) is 0 Å². The molecule has 0 amide bonds. The zero-order chi connectivity index (χ0) is 15.9. The minimum Gasteiger partial charge on any atom is -0.392 e. The first kappa shape index (κ1) is 15.3. The van der Waals surface area contributed by atoms with Gasteiger partial charge in [0.05, 0.1) is 25.4 Å². The molecule has 3 aliphatic rings. The molecule has 0 aromatic heterocycles. The van der Waals surface area contributed by atoms with Crippen LogP contribution in [0.3, 0.4) is 0 Å². The molecule has 23 heavy (non-hydrogen) atoms. The second kappa shape index (κ2) is 6.02. The zero-order valence-electron chi connectivity index (χ0n) is 13.2. The van der Waals surface area contributed by atoms with Crippen molar-refractivity contribution in [1.29, 1.82) is 0 Å². The van der Waals surface area contributed by atoms with Crippen LogP contribution in [0.5, 0.6) is 0 Å². The second-order valence-electron chi connectivity index (χ2n) is 7.02. The largest absolute Gasteiger partial charge is 0.392 e. The van der Waals surface area contributed by atoms with Crippen LogP contribution < -0.4 is 0 Å². The van der Waals surface area contributed by atoms with E-state index >= 15 is 0 Å². The molecule has 1 aromatic rings. The van der Waals surface area contributed by atoms with E-state index in [2.05, 4.69) is 0 Å². The number of hydrogen-bond donors (Lipinski definition) is 2. The monoisotopic (exact) mass is 316 g/mol. The van der Waals surface area contributed by atoms with Crippen molar-refractivity contribution in [2.45, 2.75) is 37.3 Å². The number of ether oxygens (including phenoxy) is 2. The molecule has 1 aromatic carbocycles. The smallest absolute Gasteiger partial charge is 0.172 e. The van der Waals surface area contributed by atoms with Crippen molar-refractivity contribution in [3.63, 3.8) is 0 Å². The SMILES string of the molecule is OC(C=CC1C[C@H]2[C@@H](CC23OCCO3)C1O)Cc1ccccc1. The number of fused-ring (bicyclic) bond motifs is 2. The van der Waals surface area contributed by atoms with Gasteiger partial charge in [0.2, 0.25) is 0 Å². The lowest BCUT2D eigenvalue weighted by Crippen LogP contribution is -2.54. The quantitative estimate of drug-likeness (QED) is 0.833. The summed E-state index contributed by atoms with van der Waals surface area (Å²) in [6.07, 6.45) is 5.22. The Balaban J connectivity index is 1.36. The summed E-state index contributed by atoms with van der Waals surface area (Å²) >= 11 is 0. The van der Waals surface area contributed by atoms with Gasteiger partial charge in [-0.1, -0.05) is 42.5 Å². The van der Waals surface area contributed by atoms with Gasteiger partial charge < -0.3 is 19.7 Å². The third-order valence-electron chi connectivity index (χ3n) is 5.65. The molecule has 0 bridgehead atoms. The number of benzene rings is 1. The highest BCUT2D eigenvalue weighted by molar-refractivity contribution is 5.18. The Morgan fingerprint density at radius 2 is 1.96 bits per heavy atom. The molecule has 2 saturated carbocycles. The Morgan fingerprint density at radius 1 is 1.22 bits per heavy atom. The van der Waals surface area contributed by atoms with E-state index in [0.717, 1.165) is 18.4 Å². The minimum atomic E-state index is -0.518. The van der Waals surface area contributed by atoms with Crippen LogP contribution in [0.1, 0.15) is 18.4 Å². The molecule has 124 valence electrons. The van der Waals surface area contributed by atoms with Gasteiger partial charge in [-0.15, -0.1) is 0 Å². The van der Waals surface area contributed by atoms with Crippen molar-refractivity contribution in [2.75, 3.05) is 13.2 Å². The highest BCUT2D eigenvalue weighted by atomic mass is 16.7. The molecule has 0 radical (unpaired) electrons. The standard InChI is InChI=1S/C19H24O4/c20-15(10-13-4-2-1-3-5-13)7-6-14-11-17-16(18(14)21)12-19(17)22-8-9-23-19/h1-7,14-18,20-21H,8-12H2/t14?,15?,16-,17+,18?/m1/s1. The van der Waals surface area contributed by atoms with Gasteiger partial charge in [-0.3, -0.25) is 0 Å². The molecule has 1 saturated heterocycles. The summed E-state index contributed by atoms with van der Waals surface area (Å²) in [5.41, 5.74) is 1.11. The fourth-order valence-corrected chi connectivity index (χ4v) is 4.44. The van der Waals surface area contributed by atoms with Crippen LogP contribution in [0.15, 0.2) is 42.5 Å². The number of aliphatic hydroxyl groups is 2. The summed E-state index contributed by atoms with van der Waals surface area (Å²) in [4.78, 5) is 0. The van der Waals surface area contributed by atoms with Crippen LogP contribution >= 0.6 is 0 Å². The lowest BCUT2D eigenvalue weighted by Gasteiger charge is -2.48. The summed E-state index contributed by atoms with van der Waals surface area (Å²) in [5.74, 6) is 0.231. The molecule has 4 heteroatoms. The van der Waals surface area contributed by atoms with E-state index in [4.69, 9.17) is 9.47 Å². The maximum absolute atomic E-state index is 10.5. The summed E-state index contributed by atoms with van der Waals surface area (Å²) in [7, 11) is 0. The molecule has 1 aliphatic heterocycles. The Labute approximate surface area is 136 Å². The van der Waals surface area contributed by atoms with Gasteiger partial charge >= 0.3 is 0 Å². The van der Waals surface area contributed by atoms with E-state index in [1.165, 1.54) is 0 Å². The average Bonchev–Trinajstić information content (AvgIpc) is 3.13. The zero-order valence-corrected chi connectivity index (χ0v) is 13.2. The Bertz CT molecular complexity index is 564. The first-order valence-corrected chi connectivity index (χ1v) is 8.54. The van der Waals surface area contributed by atoms with Crippen molar-refractivity contribution in [3.05, 3.63) is 48.0 Å². The van der Waals surface area contributed by atoms with Crippen LogP contribution in [-0.4, -0.2) is 41.4 Å². The average molecular weight is 316 g/mol. The van der Waals surface area contributed by atoms with Gasteiger partial charge in [0, 0.05) is 24.7 Å². The predicted octanol–water partition coefficient (Wildman–Crippen LogP) is 1.91. The van der Waals surface area contributed by atoms with Crippen LogP contribution in [0, 0.1) is 17.8 Å². The van der Waals surface area contributed by atoms with Crippen molar-refractivity contribution in [3.8, 4) is 0 Å². The van der Waals surface area contributed by atoms with E-state index in [0.29, 0.717) is 25.6 Å².